The molecular weight excluding hydrogens is 252 g/mol. The molecule has 1 N–H and O–H groups in total. The van der Waals surface area contributed by atoms with Gasteiger partial charge in [0.25, 0.3) is 11.8 Å². The van der Waals surface area contributed by atoms with Crippen LogP contribution in [0.1, 0.15) is 29.1 Å². The van der Waals surface area contributed by atoms with Crippen molar-refractivity contribution in [2.45, 2.75) is 26.3 Å². The van der Waals surface area contributed by atoms with Gasteiger partial charge in [0.1, 0.15) is 12.1 Å². The van der Waals surface area contributed by atoms with Crippen molar-refractivity contribution >= 4 is 29.1 Å². The third kappa shape index (κ3) is 1.92. The van der Waals surface area contributed by atoms with Crippen LogP contribution in [-0.4, -0.2) is 34.7 Å². The molecule has 96 valence electrons. The quantitative estimate of drug-likeness (QED) is 0.769. The first kappa shape index (κ1) is 12.8. The highest BCUT2D eigenvalue weighted by Gasteiger charge is 2.44. The Labute approximate surface area is 109 Å². The van der Waals surface area contributed by atoms with Crippen LogP contribution >= 0.6 is 11.3 Å². The first-order valence-electron chi connectivity index (χ1n) is 5.54. The van der Waals surface area contributed by atoms with Gasteiger partial charge < -0.3 is 4.90 Å². The molecule has 1 saturated heterocycles. The van der Waals surface area contributed by atoms with Crippen LogP contribution in [0, 0.1) is 6.92 Å². The van der Waals surface area contributed by atoms with E-state index < -0.39 is 17.4 Å². The molecule has 0 aliphatic carbocycles. The number of hydrogen-bond acceptors (Lipinski definition) is 4. The van der Waals surface area contributed by atoms with Crippen LogP contribution in [0.2, 0.25) is 0 Å². The Bertz CT molecular complexity index is 533. The lowest BCUT2D eigenvalue weighted by Crippen LogP contribution is -2.65. The fourth-order valence-corrected chi connectivity index (χ4v) is 2.70. The van der Waals surface area contributed by atoms with Crippen LogP contribution in [0.25, 0.3) is 0 Å². The van der Waals surface area contributed by atoms with Crippen LogP contribution in [0.15, 0.2) is 11.4 Å². The van der Waals surface area contributed by atoms with E-state index in [4.69, 9.17) is 0 Å². The minimum absolute atomic E-state index is 0.0884. The fourth-order valence-electron chi connectivity index (χ4n) is 1.82. The van der Waals surface area contributed by atoms with Crippen molar-refractivity contribution in [3.05, 3.63) is 21.9 Å². The average molecular weight is 266 g/mol. The Morgan fingerprint density at radius 2 is 2.11 bits per heavy atom. The van der Waals surface area contributed by atoms with E-state index in [1.54, 1.807) is 13.8 Å². The molecule has 0 unspecified atom stereocenters. The average Bonchev–Trinajstić information content (AvgIpc) is 2.69. The first-order valence-corrected chi connectivity index (χ1v) is 6.42. The SMILES string of the molecule is Cc1ccsc1C(=O)N1CC(=O)NC(=O)C1(C)C. The van der Waals surface area contributed by atoms with Gasteiger partial charge in [0.2, 0.25) is 5.91 Å². The second-order valence-corrected chi connectivity index (χ2v) is 5.68. The number of nitrogens with one attached hydrogen (secondary N) is 1. The van der Waals surface area contributed by atoms with Crippen LogP contribution in [0.3, 0.4) is 0 Å². The summed E-state index contributed by atoms with van der Waals surface area (Å²) in [5, 5.41) is 4.07. The molecule has 1 aromatic rings. The largest absolute Gasteiger partial charge is 0.314 e. The Balaban J connectivity index is 2.37. The van der Waals surface area contributed by atoms with E-state index in [1.807, 2.05) is 18.4 Å². The van der Waals surface area contributed by atoms with Gasteiger partial charge in [-0.25, -0.2) is 0 Å². The molecule has 3 amide bonds. The minimum atomic E-state index is -1.01. The zero-order chi connectivity index (χ0) is 13.5. The van der Waals surface area contributed by atoms with E-state index in [1.165, 1.54) is 16.2 Å². The summed E-state index contributed by atoms with van der Waals surface area (Å²) in [7, 11) is 0. The minimum Gasteiger partial charge on any atom is -0.314 e. The van der Waals surface area contributed by atoms with Gasteiger partial charge in [-0.3, -0.25) is 19.7 Å². The lowest BCUT2D eigenvalue weighted by molar-refractivity contribution is -0.143. The predicted molar refractivity (Wildman–Crippen MR) is 67.3 cm³/mol. The van der Waals surface area contributed by atoms with Crippen molar-refractivity contribution in [1.82, 2.24) is 10.2 Å². The number of carbonyl (C=O) groups excluding carboxylic acids is 3. The van der Waals surface area contributed by atoms with Crippen LogP contribution in [-0.2, 0) is 9.59 Å². The Morgan fingerprint density at radius 1 is 1.44 bits per heavy atom. The molecule has 0 radical (unpaired) electrons. The van der Waals surface area contributed by atoms with E-state index in [0.29, 0.717) is 4.88 Å². The highest BCUT2D eigenvalue weighted by molar-refractivity contribution is 7.12. The van der Waals surface area contributed by atoms with Gasteiger partial charge in [0.05, 0.1) is 4.88 Å². The molecule has 1 aromatic heterocycles. The Hall–Kier alpha value is -1.69. The van der Waals surface area contributed by atoms with Gasteiger partial charge in [-0.15, -0.1) is 11.3 Å². The van der Waals surface area contributed by atoms with Crippen molar-refractivity contribution in [3.8, 4) is 0 Å². The summed E-state index contributed by atoms with van der Waals surface area (Å²) in [6.07, 6.45) is 0. The monoisotopic (exact) mass is 266 g/mol. The zero-order valence-electron chi connectivity index (χ0n) is 10.4. The summed E-state index contributed by atoms with van der Waals surface area (Å²) in [5.41, 5.74) is -0.152. The maximum absolute atomic E-state index is 12.4. The number of nitrogens with zero attached hydrogens (tertiary/aromatic N) is 1. The summed E-state index contributed by atoms with van der Waals surface area (Å²) in [6.45, 7) is 5.02. The smallest absolute Gasteiger partial charge is 0.265 e. The van der Waals surface area contributed by atoms with Gasteiger partial charge in [-0.1, -0.05) is 0 Å². The summed E-state index contributed by atoms with van der Waals surface area (Å²) in [6, 6.07) is 1.84. The third-order valence-electron chi connectivity index (χ3n) is 3.09. The number of rotatable bonds is 1. The van der Waals surface area contributed by atoms with Gasteiger partial charge in [-0.2, -0.15) is 0 Å². The molecule has 0 bridgehead atoms. The summed E-state index contributed by atoms with van der Waals surface area (Å²) in [4.78, 5) is 37.5. The first-order chi connectivity index (χ1) is 8.34. The molecule has 1 aliphatic heterocycles. The predicted octanol–water partition coefficient (Wildman–Crippen LogP) is 0.934. The Kier molecular flexibility index (Phi) is 2.98. The maximum Gasteiger partial charge on any atom is 0.265 e. The molecule has 6 heteroatoms. The maximum atomic E-state index is 12.4. The number of imide groups is 1. The Morgan fingerprint density at radius 3 is 2.67 bits per heavy atom. The highest BCUT2D eigenvalue weighted by atomic mass is 32.1. The zero-order valence-corrected chi connectivity index (χ0v) is 11.3. The molecule has 18 heavy (non-hydrogen) atoms. The molecule has 1 aliphatic rings. The number of piperazine rings is 1. The summed E-state index contributed by atoms with van der Waals surface area (Å²) < 4.78 is 0. The molecular formula is C12H14N2O3S. The molecule has 1 fully saturated rings. The lowest BCUT2D eigenvalue weighted by atomic mass is 9.98. The summed E-state index contributed by atoms with van der Waals surface area (Å²) in [5.74, 6) is -1.15. The van der Waals surface area contributed by atoms with Gasteiger partial charge >= 0.3 is 0 Å². The fraction of sp³-hybridized carbons (Fsp3) is 0.417. The number of amides is 3. The van der Waals surface area contributed by atoms with Gasteiger partial charge in [0, 0.05) is 0 Å². The van der Waals surface area contributed by atoms with E-state index in [-0.39, 0.29) is 12.5 Å². The van der Waals surface area contributed by atoms with Crippen molar-refractivity contribution in [1.29, 1.82) is 0 Å². The third-order valence-corrected chi connectivity index (χ3v) is 4.09. The second kappa shape index (κ2) is 4.20. The van der Waals surface area contributed by atoms with Crippen molar-refractivity contribution < 1.29 is 14.4 Å². The topological polar surface area (TPSA) is 66.5 Å². The molecule has 0 saturated carbocycles. The van der Waals surface area contributed by atoms with Crippen molar-refractivity contribution in [3.63, 3.8) is 0 Å². The molecule has 2 heterocycles. The molecule has 0 atom stereocenters. The second-order valence-electron chi connectivity index (χ2n) is 4.76. The molecule has 5 nitrogen and oxygen atoms in total. The molecule has 2 rings (SSSR count). The van der Waals surface area contributed by atoms with Gasteiger partial charge in [-0.05, 0) is 37.8 Å². The number of thiophene rings is 1. The standard InChI is InChI=1S/C12H14N2O3S/c1-7-4-5-18-9(7)10(16)14-6-8(15)13-11(17)12(14,2)3/h4-5H,6H2,1-3H3,(H,13,15,17). The van der Waals surface area contributed by atoms with Crippen molar-refractivity contribution in [2.24, 2.45) is 0 Å². The lowest BCUT2D eigenvalue weighted by Gasteiger charge is -2.39. The number of aryl methyl sites for hydroxylation is 1. The summed E-state index contributed by atoms with van der Waals surface area (Å²) >= 11 is 1.32. The van der Waals surface area contributed by atoms with Crippen LogP contribution in [0.5, 0.6) is 0 Å². The molecule has 0 aromatic carbocycles. The van der Waals surface area contributed by atoms with Crippen LogP contribution in [0.4, 0.5) is 0 Å². The van der Waals surface area contributed by atoms with Crippen molar-refractivity contribution in [2.75, 3.05) is 6.54 Å². The number of carbonyl (C=O) groups is 3. The van der Waals surface area contributed by atoms with E-state index >= 15 is 0 Å². The van der Waals surface area contributed by atoms with Crippen LogP contribution < -0.4 is 5.32 Å². The molecule has 0 spiro atoms. The normalized spacial score (nSPS) is 18.7. The number of hydrogen-bond donors (Lipinski definition) is 1. The van der Waals surface area contributed by atoms with E-state index in [0.717, 1.165) is 5.56 Å². The van der Waals surface area contributed by atoms with E-state index in [9.17, 15) is 14.4 Å². The van der Waals surface area contributed by atoms with E-state index in [2.05, 4.69) is 5.32 Å². The highest BCUT2D eigenvalue weighted by Crippen LogP contribution is 2.25. The van der Waals surface area contributed by atoms with Gasteiger partial charge in [0.15, 0.2) is 0 Å².